The lowest BCUT2D eigenvalue weighted by Gasteiger charge is -2.05. The summed E-state index contributed by atoms with van der Waals surface area (Å²) in [4.78, 5) is 4.01. The summed E-state index contributed by atoms with van der Waals surface area (Å²) in [7, 11) is 0. The zero-order valence-electron chi connectivity index (χ0n) is 8.82. The molecule has 80 valence electrons. The van der Waals surface area contributed by atoms with Gasteiger partial charge in [-0.1, -0.05) is 6.07 Å². The van der Waals surface area contributed by atoms with Gasteiger partial charge in [0.05, 0.1) is 5.71 Å². The Morgan fingerprint density at radius 2 is 2.40 bits per heavy atom. The molecular weight excluding hydrogens is 208 g/mol. The van der Waals surface area contributed by atoms with E-state index in [0.717, 1.165) is 17.8 Å². The largest absolute Gasteiger partial charge is 0.362 e. The third-order valence-corrected chi connectivity index (χ3v) is 1.98. The van der Waals surface area contributed by atoms with E-state index in [2.05, 4.69) is 20.8 Å². The molecule has 4 nitrogen and oxygen atoms in total. The lowest BCUT2D eigenvalue weighted by atomic mass is 10.2. The first-order valence-electron chi connectivity index (χ1n) is 4.72. The average Bonchev–Trinajstić information content (AvgIpc) is 2.27. The van der Waals surface area contributed by atoms with Crippen molar-refractivity contribution in [2.45, 2.75) is 13.8 Å². The number of rotatable bonds is 3. The summed E-state index contributed by atoms with van der Waals surface area (Å²) < 4.78 is 0. The molecule has 0 amide bonds. The van der Waals surface area contributed by atoms with E-state index in [1.165, 1.54) is 0 Å². The van der Waals surface area contributed by atoms with Crippen LogP contribution in [-0.2, 0) is 0 Å². The summed E-state index contributed by atoms with van der Waals surface area (Å²) >= 11 is 4.98. The highest BCUT2D eigenvalue weighted by atomic mass is 32.1. The SMILES string of the molecule is CCNC(=S)N/N=C(\C)c1cccnc1. The first kappa shape index (κ1) is 11.6. The highest BCUT2D eigenvalue weighted by molar-refractivity contribution is 7.80. The monoisotopic (exact) mass is 222 g/mol. The maximum atomic E-state index is 4.98. The third kappa shape index (κ3) is 4.03. The van der Waals surface area contributed by atoms with Crippen molar-refractivity contribution in [2.24, 2.45) is 5.10 Å². The highest BCUT2D eigenvalue weighted by Crippen LogP contribution is 1.97. The number of aromatic nitrogens is 1. The normalized spacial score (nSPS) is 10.9. The smallest absolute Gasteiger partial charge is 0.186 e. The van der Waals surface area contributed by atoms with Crippen LogP contribution in [-0.4, -0.2) is 22.4 Å². The van der Waals surface area contributed by atoms with E-state index >= 15 is 0 Å². The van der Waals surface area contributed by atoms with Crippen molar-refractivity contribution in [3.63, 3.8) is 0 Å². The van der Waals surface area contributed by atoms with Crippen LogP contribution in [0.4, 0.5) is 0 Å². The molecular formula is C10H14N4S. The summed E-state index contributed by atoms with van der Waals surface area (Å²) in [5.41, 5.74) is 4.59. The molecule has 0 aliphatic carbocycles. The maximum absolute atomic E-state index is 4.98. The van der Waals surface area contributed by atoms with Gasteiger partial charge in [0.2, 0.25) is 0 Å². The fourth-order valence-electron chi connectivity index (χ4n) is 0.976. The average molecular weight is 222 g/mol. The van der Waals surface area contributed by atoms with Gasteiger partial charge in [0.25, 0.3) is 0 Å². The minimum Gasteiger partial charge on any atom is -0.362 e. The molecule has 0 spiro atoms. The molecule has 1 rings (SSSR count). The van der Waals surface area contributed by atoms with Gasteiger partial charge in [0.15, 0.2) is 5.11 Å². The van der Waals surface area contributed by atoms with Crippen molar-refractivity contribution >= 4 is 23.0 Å². The van der Waals surface area contributed by atoms with Crippen LogP contribution in [0.1, 0.15) is 19.4 Å². The van der Waals surface area contributed by atoms with E-state index in [4.69, 9.17) is 12.2 Å². The third-order valence-electron chi connectivity index (χ3n) is 1.74. The first-order valence-corrected chi connectivity index (χ1v) is 5.13. The van der Waals surface area contributed by atoms with E-state index in [0.29, 0.717) is 5.11 Å². The molecule has 0 atom stereocenters. The molecule has 0 aliphatic rings. The Kier molecular flexibility index (Phi) is 4.70. The van der Waals surface area contributed by atoms with Gasteiger partial charge in [0, 0.05) is 24.5 Å². The predicted molar refractivity (Wildman–Crippen MR) is 65.9 cm³/mol. The minimum absolute atomic E-state index is 0.528. The van der Waals surface area contributed by atoms with E-state index in [9.17, 15) is 0 Å². The standard InChI is InChI=1S/C10H14N4S/c1-3-12-10(15)14-13-8(2)9-5-4-6-11-7-9/h4-7H,3H2,1-2H3,(H2,12,14,15)/b13-8+. The molecule has 0 radical (unpaired) electrons. The quantitative estimate of drug-likeness (QED) is 0.459. The van der Waals surface area contributed by atoms with Crippen molar-refractivity contribution in [1.82, 2.24) is 15.7 Å². The molecule has 0 saturated carbocycles. The Balaban J connectivity index is 2.57. The van der Waals surface area contributed by atoms with Crippen LogP contribution in [0.2, 0.25) is 0 Å². The van der Waals surface area contributed by atoms with Crippen LogP contribution in [0.25, 0.3) is 0 Å². The molecule has 5 heteroatoms. The highest BCUT2D eigenvalue weighted by Gasteiger charge is 1.96. The fourth-order valence-corrected chi connectivity index (χ4v) is 1.17. The number of hydrogen-bond donors (Lipinski definition) is 2. The van der Waals surface area contributed by atoms with Crippen molar-refractivity contribution in [3.8, 4) is 0 Å². The molecule has 2 N–H and O–H groups in total. The molecule has 0 fully saturated rings. The number of nitrogens with one attached hydrogen (secondary N) is 2. The van der Waals surface area contributed by atoms with Crippen molar-refractivity contribution in [3.05, 3.63) is 30.1 Å². The van der Waals surface area contributed by atoms with E-state index in [1.54, 1.807) is 12.4 Å². The van der Waals surface area contributed by atoms with Gasteiger partial charge in [0.1, 0.15) is 0 Å². The Morgan fingerprint density at radius 3 is 3.00 bits per heavy atom. The number of thiocarbonyl (C=S) groups is 1. The molecule has 0 bridgehead atoms. The first-order chi connectivity index (χ1) is 7.24. The van der Waals surface area contributed by atoms with Crippen molar-refractivity contribution < 1.29 is 0 Å². The van der Waals surface area contributed by atoms with E-state index in [-0.39, 0.29) is 0 Å². The number of pyridine rings is 1. The summed E-state index contributed by atoms with van der Waals surface area (Å²) in [6.07, 6.45) is 3.49. The number of nitrogens with zero attached hydrogens (tertiary/aromatic N) is 2. The Hall–Kier alpha value is -1.49. The predicted octanol–water partition coefficient (Wildman–Crippen LogP) is 1.29. The van der Waals surface area contributed by atoms with Crippen LogP contribution < -0.4 is 10.7 Å². The lowest BCUT2D eigenvalue weighted by molar-refractivity contribution is 0.900. The van der Waals surface area contributed by atoms with Crippen molar-refractivity contribution in [2.75, 3.05) is 6.54 Å². The second kappa shape index (κ2) is 6.08. The van der Waals surface area contributed by atoms with Crippen LogP contribution >= 0.6 is 12.2 Å². The Bertz CT molecular complexity index is 348. The van der Waals surface area contributed by atoms with Gasteiger partial charge in [-0.05, 0) is 32.1 Å². The zero-order valence-corrected chi connectivity index (χ0v) is 9.64. The molecule has 0 aliphatic heterocycles. The number of hydrogen-bond acceptors (Lipinski definition) is 3. The minimum atomic E-state index is 0.528. The molecule has 0 aromatic carbocycles. The van der Waals surface area contributed by atoms with E-state index in [1.807, 2.05) is 26.0 Å². The second-order valence-electron chi connectivity index (χ2n) is 2.91. The van der Waals surface area contributed by atoms with Gasteiger partial charge < -0.3 is 5.32 Å². The van der Waals surface area contributed by atoms with Crippen LogP contribution in [0.15, 0.2) is 29.6 Å². The molecule has 1 aromatic heterocycles. The zero-order chi connectivity index (χ0) is 11.1. The summed E-state index contributed by atoms with van der Waals surface area (Å²) in [6.45, 7) is 4.66. The van der Waals surface area contributed by atoms with Crippen molar-refractivity contribution in [1.29, 1.82) is 0 Å². The Labute approximate surface area is 94.8 Å². The van der Waals surface area contributed by atoms with Crippen LogP contribution in [0.3, 0.4) is 0 Å². The van der Waals surface area contributed by atoms with Gasteiger partial charge >= 0.3 is 0 Å². The van der Waals surface area contributed by atoms with Gasteiger partial charge in [-0.15, -0.1) is 0 Å². The topological polar surface area (TPSA) is 49.3 Å². The van der Waals surface area contributed by atoms with Gasteiger partial charge in [-0.25, -0.2) is 0 Å². The summed E-state index contributed by atoms with van der Waals surface area (Å²) in [5, 5.41) is 7.61. The van der Waals surface area contributed by atoms with Gasteiger partial charge in [-0.3, -0.25) is 10.4 Å². The molecule has 1 heterocycles. The summed E-state index contributed by atoms with van der Waals surface area (Å²) in [6, 6.07) is 3.82. The van der Waals surface area contributed by atoms with Crippen LogP contribution in [0, 0.1) is 0 Å². The molecule has 1 aromatic rings. The molecule has 15 heavy (non-hydrogen) atoms. The second-order valence-corrected chi connectivity index (χ2v) is 3.32. The van der Waals surface area contributed by atoms with Gasteiger partial charge in [-0.2, -0.15) is 5.10 Å². The van der Waals surface area contributed by atoms with E-state index < -0.39 is 0 Å². The summed E-state index contributed by atoms with van der Waals surface area (Å²) in [5.74, 6) is 0. The lowest BCUT2D eigenvalue weighted by Crippen LogP contribution is -2.32. The fraction of sp³-hybridized carbons (Fsp3) is 0.300. The van der Waals surface area contributed by atoms with Crippen LogP contribution in [0.5, 0.6) is 0 Å². The molecule has 0 saturated heterocycles. The maximum Gasteiger partial charge on any atom is 0.186 e. The molecule has 0 unspecified atom stereocenters. The Morgan fingerprint density at radius 1 is 1.60 bits per heavy atom. The number of hydrazone groups is 1.